The molecular formula is C13H12ClN3O3. The number of nitrogens with zero attached hydrogens (tertiary/aromatic N) is 2. The highest BCUT2D eigenvalue weighted by molar-refractivity contribution is 6.31. The first kappa shape index (κ1) is 14.1. The lowest BCUT2D eigenvalue weighted by Gasteiger charge is -2.06. The molecule has 1 amide bonds. The second-order valence-corrected chi connectivity index (χ2v) is 4.70. The number of amides is 1. The largest absolute Gasteiger partial charge is 0.476 e. The average Bonchev–Trinajstić information content (AvgIpc) is 2.76. The quantitative estimate of drug-likeness (QED) is 0.909. The molecule has 0 aliphatic carbocycles. The molecule has 0 saturated carbocycles. The van der Waals surface area contributed by atoms with E-state index in [1.165, 1.54) is 10.9 Å². The number of hydrogen-bond donors (Lipinski definition) is 2. The van der Waals surface area contributed by atoms with Crippen molar-refractivity contribution in [3.05, 3.63) is 46.2 Å². The lowest BCUT2D eigenvalue weighted by Crippen LogP contribution is -2.15. The number of carbonyl (C=O) groups is 2. The van der Waals surface area contributed by atoms with Crippen LogP contribution in [0.1, 0.15) is 26.4 Å². The first-order valence-electron chi connectivity index (χ1n) is 5.73. The van der Waals surface area contributed by atoms with E-state index in [4.69, 9.17) is 16.7 Å². The van der Waals surface area contributed by atoms with E-state index < -0.39 is 11.9 Å². The van der Waals surface area contributed by atoms with Gasteiger partial charge in [0.05, 0.1) is 5.56 Å². The van der Waals surface area contributed by atoms with E-state index in [9.17, 15) is 9.59 Å². The second kappa shape index (κ2) is 5.34. The van der Waals surface area contributed by atoms with Crippen LogP contribution in [0, 0.1) is 6.92 Å². The van der Waals surface area contributed by atoms with Crippen molar-refractivity contribution in [2.75, 3.05) is 5.32 Å². The molecular weight excluding hydrogens is 282 g/mol. The highest BCUT2D eigenvalue weighted by Gasteiger charge is 2.21. The molecule has 2 rings (SSSR count). The number of carbonyl (C=O) groups excluding carboxylic acids is 1. The molecule has 2 aromatic rings. The summed E-state index contributed by atoms with van der Waals surface area (Å²) in [5, 5.41) is 15.8. The Labute approximate surface area is 120 Å². The van der Waals surface area contributed by atoms with Gasteiger partial charge >= 0.3 is 5.97 Å². The monoisotopic (exact) mass is 293 g/mol. The van der Waals surface area contributed by atoms with E-state index in [-0.39, 0.29) is 11.3 Å². The van der Waals surface area contributed by atoms with Gasteiger partial charge in [-0.15, -0.1) is 0 Å². The minimum absolute atomic E-state index is 0.00306. The van der Waals surface area contributed by atoms with Gasteiger partial charge in [0, 0.05) is 24.0 Å². The maximum Gasteiger partial charge on any atom is 0.357 e. The minimum atomic E-state index is -1.25. The van der Waals surface area contributed by atoms with Crippen molar-refractivity contribution in [1.29, 1.82) is 0 Å². The third-order valence-electron chi connectivity index (χ3n) is 2.71. The molecule has 1 aromatic carbocycles. The Morgan fingerprint density at radius 1 is 1.40 bits per heavy atom. The van der Waals surface area contributed by atoms with Crippen molar-refractivity contribution in [3.8, 4) is 0 Å². The van der Waals surface area contributed by atoms with E-state index >= 15 is 0 Å². The van der Waals surface area contributed by atoms with Crippen LogP contribution in [0.3, 0.4) is 0 Å². The summed E-state index contributed by atoms with van der Waals surface area (Å²) < 4.78 is 1.28. The van der Waals surface area contributed by atoms with Gasteiger partial charge in [-0.1, -0.05) is 17.7 Å². The number of rotatable bonds is 3. The molecule has 0 radical (unpaired) electrons. The van der Waals surface area contributed by atoms with Crippen molar-refractivity contribution in [1.82, 2.24) is 9.78 Å². The fourth-order valence-corrected chi connectivity index (χ4v) is 1.86. The van der Waals surface area contributed by atoms with E-state index in [0.717, 1.165) is 5.56 Å². The molecule has 0 saturated heterocycles. The van der Waals surface area contributed by atoms with Crippen LogP contribution in [0.2, 0.25) is 5.02 Å². The predicted octanol–water partition coefficient (Wildman–Crippen LogP) is 2.33. The Hall–Kier alpha value is -2.34. The first-order valence-corrected chi connectivity index (χ1v) is 6.10. The number of aryl methyl sites for hydroxylation is 2. The zero-order chi connectivity index (χ0) is 14.9. The molecule has 1 heterocycles. The molecule has 104 valence electrons. The second-order valence-electron chi connectivity index (χ2n) is 4.29. The Morgan fingerprint density at radius 3 is 2.70 bits per heavy atom. The Kier molecular flexibility index (Phi) is 3.76. The van der Waals surface area contributed by atoms with E-state index in [2.05, 4.69) is 10.4 Å². The van der Waals surface area contributed by atoms with Crippen LogP contribution in [0.4, 0.5) is 5.69 Å². The van der Waals surface area contributed by atoms with Crippen molar-refractivity contribution in [3.63, 3.8) is 0 Å². The third kappa shape index (κ3) is 2.80. The molecule has 0 unspecified atom stereocenters. The summed E-state index contributed by atoms with van der Waals surface area (Å²) >= 11 is 5.97. The van der Waals surface area contributed by atoms with Gasteiger partial charge in [-0.05, 0) is 24.6 Å². The summed E-state index contributed by atoms with van der Waals surface area (Å²) in [5.41, 5.74) is 1.09. The fraction of sp³-hybridized carbons (Fsp3) is 0.154. The van der Waals surface area contributed by atoms with Crippen molar-refractivity contribution < 1.29 is 14.7 Å². The summed E-state index contributed by atoms with van der Waals surface area (Å²) in [4.78, 5) is 23.1. The topological polar surface area (TPSA) is 84.2 Å². The molecule has 0 aliphatic heterocycles. The van der Waals surface area contributed by atoms with Crippen molar-refractivity contribution in [2.24, 2.45) is 7.05 Å². The van der Waals surface area contributed by atoms with Crippen LogP contribution in [-0.4, -0.2) is 26.8 Å². The van der Waals surface area contributed by atoms with Crippen LogP contribution in [0.15, 0.2) is 24.4 Å². The Balaban J connectivity index is 2.28. The van der Waals surface area contributed by atoms with Gasteiger partial charge in [-0.2, -0.15) is 5.10 Å². The Bertz CT molecular complexity index is 694. The number of aromatic carboxylic acids is 1. The van der Waals surface area contributed by atoms with Gasteiger partial charge in [0.2, 0.25) is 0 Å². The number of aromatic nitrogens is 2. The van der Waals surface area contributed by atoms with Gasteiger partial charge < -0.3 is 10.4 Å². The molecule has 7 heteroatoms. The van der Waals surface area contributed by atoms with E-state index in [1.807, 2.05) is 6.92 Å². The average molecular weight is 294 g/mol. The third-order valence-corrected chi connectivity index (χ3v) is 3.11. The van der Waals surface area contributed by atoms with Gasteiger partial charge in [0.25, 0.3) is 5.91 Å². The Morgan fingerprint density at radius 2 is 2.10 bits per heavy atom. The molecule has 2 N–H and O–H groups in total. The highest BCUT2D eigenvalue weighted by Crippen LogP contribution is 2.20. The predicted molar refractivity (Wildman–Crippen MR) is 74.3 cm³/mol. The normalized spacial score (nSPS) is 10.3. The van der Waals surface area contributed by atoms with Crippen molar-refractivity contribution in [2.45, 2.75) is 6.92 Å². The zero-order valence-electron chi connectivity index (χ0n) is 10.8. The highest BCUT2D eigenvalue weighted by atomic mass is 35.5. The number of benzene rings is 1. The molecule has 6 nitrogen and oxygen atoms in total. The van der Waals surface area contributed by atoms with Crippen molar-refractivity contribution >= 4 is 29.2 Å². The maximum atomic E-state index is 12.1. The molecule has 0 atom stereocenters. The molecule has 20 heavy (non-hydrogen) atoms. The van der Waals surface area contributed by atoms with Gasteiger partial charge in [-0.3, -0.25) is 9.48 Å². The van der Waals surface area contributed by atoms with E-state index in [1.54, 1.807) is 25.2 Å². The molecule has 1 aromatic heterocycles. The van der Waals surface area contributed by atoms with Crippen LogP contribution < -0.4 is 5.32 Å². The van der Waals surface area contributed by atoms with Crippen LogP contribution in [0.25, 0.3) is 0 Å². The molecule has 0 bridgehead atoms. The number of nitrogens with one attached hydrogen (secondary N) is 1. The summed E-state index contributed by atoms with van der Waals surface area (Å²) in [6.45, 7) is 1.84. The van der Waals surface area contributed by atoms with Crippen LogP contribution in [0.5, 0.6) is 0 Å². The number of carboxylic acid groups (broad SMARTS) is 1. The number of anilines is 1. The SMILES string of the molecule is Cc1ccc(NC(=O)c2cn(C)nc2C(=O)O)cc1Cl. The van der Waals surface area contributed by atoms with Crippen LogP contribution in [-0.2, 0) is 7.05 Å². The molecule has 0 spiro atoms. The van der Waals surface area contributed by atoms with Gasteiger partial charge in [-0.25, -0.2) is 4.79 Å². The summed E-state index contributed by atoms with van der Waals surface area (Å²) in [6.07, 6.45) is 1.36. The number of hydrogen-bond acceptors (Lipinski definition) is 3. The number of carboxylic acids is 1. The van der Waals surface area contributed by atoms with E-state index in [0.29, 0.717) is 10.7 Å². The molecule has 0 fully saturated rings. The maximum absolute atomic E-state index is 12.1. The lowest BCUT2D eigenvalue weighted by molar-refractivity contribution is 0.0685. The smallest absolute Gasteiger partial charge is 0.357 e. The summed E-state index contributed by atoms with van der Waals surface area (Å²) in [5.74, 6) is -1.80. The summed E-state index contributed by atoms with van der Waals surface area (Å²) in [6, 6.07) is 5.06. The standard InChI is InChI=1S/C13H12ClN3O3/c1-7-3-4-8(5-10(7)14)15-12(18)9-6-17(2)16-11(9)13(19)20/h3-6H,1-2H3,(H,15,18)(H,19,20). The summed E-state index contributed by atoms with van der Waals surface area (Å²) in [7, 11) is 1.55. The first-order chi connectivity index (χ1) is 9.38. The fourth-order valence-electron chi connectivity index (χ4n) is 1.68. The minimum Gasteiger partial charge on any atom is -0.476 e. The molecule has 0 aliphatic rings. The van der Waals surface area contributed by atoms with Crippen LogP contribution >= 0.6 is 11.6 Å². The zero-order valence-corrected chi connectivity index (χ0v) is 11.6. The number of halogens is 1. The van der Waals surface area contributed by atoms with Gasteiger partial charge in [0.1, 0.15) is 0 Å². The van der Waals surface area contributed by atoms with Gasteiger partial charge in [0.15, 0.2) is 5.69 Å². The lowest BCUT2D eigenvalue weighted by atomic mass is 10.2.